The fraction of sp³-hybridized carbons (Fsp3) is 0.214. The van der Waals surface area contributed by atoms with Crippen molar-refractivity contribution in [1.82, 2.24) is 0 Å². The highest BCUT2D eigenvalue weighted by atomic mass is 16.5. The van der Waals surface area contributed by atoms with E-state index in [9.17, 15) is 14.4 Å². The molecular weight excluding hydrogens is 296 g/mol. The molecule has 116 valence electrons. The third-order valence-electron chi connectivity index (χ3n) is 2.72. The van der Waals surface area contributed by atoms with Crippen molar-refractivity contribution in [1.29, 1.82) is 0 Å². The molecule has 8 heteroatoms. The van der Waals surface area contributed by atoms with Gasteiger partial charge in [-0.3, -0.25) is 0 Å². The van der Waals surface area contributed by atoms with Crippen molar-refractivity contribution in [3.8, 4) is 11.5 Å². The molecule has 0 fully saturated rings. The molecule has 0 saturated heterocycles. The lowest BCUT2D eigenvalue weighted by Crippen LogP contribution is -2.13. The summed E-state index contributed by atoms with van der Waals surface area (Å²) in [6.45, 7) is 0.410. The molecule has 1 aromatic carbocycles. The number of hydrogen-bond acceptors (Lipinski definition) is 6. The lowest BCUT2D eigenvalue weighted by molar-refractivity contribution is -0.140. The van der Waals surface area contributed by atoms with Crippen molar-refractivity contribution in [3.05, 3.63) is 34.2 Å². The average molecular weight is 308 g/mol. The number of rotatable bonds is 6. The quantitative estimate of drug-likeness (QED) is 0.758. The Morgan fingerprint density at radius 2 is 1.59 bits per heavy atom. The minimum atomic E-state index is -1.21. The molecule has 0 amide bonds. The van der Waals surface area contributed by atoms with Crippen molar-refractivity contribution < 1.29 is 33.7 Å². The Kier molecular flexibility index (Phi) is 4.31. The number of carbonyl (C=O) groups is 2. The van der Waals surface area contributed by atoms with Gasteiger partial charge in [-0.25, -0.2) is 14.4 Å². The zero-order valence-electron chi connectivity index (χ0n) is 11.5. The lowest BCUT2D eigenvalue weighted by atomic mass is 10.1. The van der Waals surface area contributed by atoms with Gasteiger partial charge < -0.3 is 24.1 Å². The predicted molar refractivity (Wildman–Crippen MR) is 73.5 cm³/mol. The maximum absolute atomic E-state index is 11.4. The Balaban J connectivity index is 2.51. The first-order chi connectivity index (χ1) is 10.4. The Morgan fingerprint density at radius 3 is 2.14 bits per heavy atom. The van der Waals surface area contributed by atoms with Gasteiger partial charge >= 0.3 is 17.6 Å². The van der Waals surface area contributed by atoms with Gasteiger partial charge in [-0.15, -0.1) is 0 Å². The van der Waals surface area contributed by atoms with E-state index in [-0.39, 0.29) is 17.1 Å². The minimum Gasteiger partial charge on any atom is -0.479 e. The summed E-state index contributed by atoms with van der Waals surface area (Å²) in [7, 11) is 0. The maximum Gasteiger partial charge on any atom is 0.341 e. The van der Waals surface area contributed by atoms with Crippen molar-refractivity contribution in [2.75, 3.05) is 13.2 Å². The van der Waals surface area contributed by atoms with Crippen LogP contribution in [0.15, 0.2) is 27.4 Å². The molecular formula is C14H12O8. The fourth-order valence-electron chi connectivity index (χ4n) is 1.83. The number of aryl methyl sites for hydroxylation is 1. The molecule has 8 nitrogen and oxygen atoms in total. The number of aliphatic carboxylic acids is 2. The van der Waals surface area contributed by atoms with E-state index in [0.717, 1.165) is 0 Å². The van der Waals surface area contributed by atoms with Crippen LogP contribution in [-0.4, -0.2) is 35.4 Å². The molecule has 1 aromatic heterocycles. The van der Waals surface area contributed by atoms with E-state index >= 15 is 0 Å². The monoisotopic (exact) mass is 308 g/mol. The van der Waals surface area contributed by atoms with E-state index in [2.05, 4.69) is 0 Å². The first-order valence-corrected chi connectivity index (χ1v) is 6.14. The van der Waals surface area contributed by atoms with Gasteiger partial charge in [0, 0.05) is 17.5 Å². The molecule has 0 unspecified atom stereocenters. The normalized spacial score (nSPS) is 10.4. The van der Waals surface area contributed by atoms with Gasteiger partial charge in [0.25, 0.3) is 0 Å². The molecule has 0 atom stereocenters. The number of benzene rings is 1. The largest absolute Gasteiger partial charge is 0.479 e. The zero-order chi connectivity index (χ0) is 16.3. The highest BCUT2D eigenvalue weighted by molar-refractivity contribution is 5.84. The van der Waals surface area contributed by atoms with Gasteiger partial charge in [0.1, 0.15) is 5.58 Å². The third-order valence-corrected chi connectivity index (χ3v) is 2.72. The topological polar surface area (TPSA) is 123 Å². The van der Waals surface area contributed by atoms with E-state index in [4.69, 9.17) is 24.1 Å². The van der Waals surface area contributed by atoms with Gasteiger partial charge in [-0.2, -0.15) is 0 Å². The summed E-state index contributed by atoms with van der Waals surface area (Å²) in [6, 6.07) is 4.01. The van der Waals surface area contributed by atoms with Crippen LogP contribution in [0.4, 0.5) is 0 Å². The molecule has 0 aliphatic rings. The molecule has 0 spiro atoms. The van der Waals surface area contributed by atoms with E-state index in [1.807, 2.05) is 0 Å². The second-order valence-electron chi connectivity index (χ2n) is 4.41. The van der Waals surface area contributed by atoms with Crippen molar-refractivity contribution in [3.63, 3.8) is 0 Å². The molecule has 2 aromatic rings. The second-order valence-corrected chi connectivity index (χ2v) is 4.41. The van der Waals surface area contributed by atoms with E-state index in [0.29, 0.717) is 10.9 Å². The molecule has 2 rings (SSSR count). The highest BCUT2D eigenvalue weighted by Crippen LogP contribution is 2.33. The minimum absolute atomic E-state index is 0.0232. The van der Waals surface area contributed by atoms with Gasteiger partial charge in [-0.05, 0) is 18.6 Å². The molecule has 2 N–H and O–H groups in total. The van der Waals surface area contributed by atoms with Crippen LogP contribution in [0.25, 0.3) is 11.0 Å². The summed E-state index contributed by atoms with van der Waals surface area (Å²) < 4.78 is 15.1. The van der Waals surface area contributed by atoms with Crippen LogP contribution in [0.5, 0.6) is 11.5 Å². The van der Waals surface area contributed by atoms with E-state index in [1.54, 1.807) is 6.92 Å². The highest BCUT2D eigenvalue weighted by Gasteiger charge is 2.14. The molecule has 0 saturated carbocycles. The fourth-order valence-corrected chi connectivity index (χ4v) is 1.83. The number of carboxylic acid groups (broad SMARTS) is 2. The van der Waals surface area contributed by atoms with Crippen LogP contribution in [0.3, 0.4) is 0 Å². The van der Waals surface area contributed by atoms with Gasteiger partial charge in [0.2, 0.25) is 0 Å². The predicted octanol–water partition coefficient (Wildman–Crippen LogP) is 1.03. The van der Waals surface area contributed by atoms with Crippen LogP contribution >= 0.6 is 0 Å². The van der Waals surface area contributed by atoms with E-state index in [1.165, 1.54) is 18.2 Å². The summed E-state index contributed by atoms with van der Waals surface area (Å²) in [5.41, 5.74) is 0.234. The van der Waals surface area contributed by atoms with Gasteiger partial charge in [-0.1, -0.05) is 0 Å². The maximum atomic E-state index is 11.4. The summed E-state index contributed by atoms with van der Waals surface area (Å²) in [5.74, 6) is -2.38. The molecule has 0 radical (unpaired) electrons. The summed E-state index contributed by atoms with van der Waals surface area (Å²) >= 11 is 0. The smallest absolute Gasteiger partial charge is 0.341 e. The number of carboxylic acids is 2. The SMILES string of the molecule is Cc1cc(=O)oc2cc(OCC(=O)O)c(OCC(=O)O)cc12. The molecule has 0 bridgehead atoms. The molecule has 0 aliphatic heterocycles. The Bertz CT molecular complexity index is 789. The van der Waals surface area contributed by atoms with Crippen molar-refractivity contribution in [2.24, 2.45) is 0 Å². The van der Waals surface area contributed by atoms with Gasteiger partial charge in [0.05, 0.1) is 0 Å². The molecule has 22 heavy (non-hydrogen) atoms. The van der Waals surface area contributed by atoms with Crippen molar-refractivity contribution >= 4 is 22.9 Å². The summed E-state index contributed by atoms with van der Waals surface area (Å²) in [6.07, 6.45) is 0. The second kappa shape index (κ2) is 6.17. The number of ether oxygens (including phenoxy) is 2. The number of fused-ring (bicyclic) bond motifs is 1. The first-order valence-electron chi connectivity index (χ1n) is 6.14. The van der Waals surface area contributed by atoms with Crippen LogP contribution in [0, 0.1) is 6.92 Å². The van der Waals surface area contributed by atoms with Crippen LogP contribution in [0.1, 0.15) is 5.56 Å². The van der Waals surface area contributed by atoms with Crippen LogP contribution in [0.2, 0.25) is 0 Å². The van der Waals surface area contributed by atoms with Crippen LogP contribution < -0.4 is 15.1 Å². The first kappa shape index (κ1) is 15.4. The average Bonchev–Trinajstić information content (AvgIpc) is 2.42. The standard InChI is InChI=1S/C14H12O8/c1-7-2-14(19)22-9-4-11(21-6-13(17)18)10(3-8(7)9)20-5-12(15)16/h2-4H,5-6H2,1H3,(H,15,16)(H,17,18). The van der Waals surface area contributed by atoms with E-state index < -0.39 is 30.8 Å². The van der Waals surface area contributed by atoms with Gasteiger partial charge in [0.15, 0.2) is 24.7 Å². The Hall–Kier alpha value is -3.03. The molecule has 0 aliphatic carbocycles. The number of hydrogen-bond donors (Lipinski definition) is 2. The Morgan fingerprint density at radius 1 is 1.05 bits per heavy atom. The van der Waals surface area contributed by atoms with Crippen LogP contribution in [-0.2, 0) is 9.59 Å². The summed E-state index contributed by atoms with van der Waals surface area (Å²) in [4.78, 5) is 32.6. The zero-order valence-corrected chi connectivity index (χ0v) is 11.5. The van der Waals surface area contributed by atoms with Crippen molar-refractivity contribution in [2.45, 2.75) is 6.92 Å². The summed E-state index contributed by atoms with van der Waals surface area (Å²) in [5, 5.41) is 17.9. The third kappa shape index (κ3) is 3.54. The molecule has 1 heterocycles. The Labute approximate surface area is 123 Å². The lowest BCUT2D eigenvalue weighted by Gasteiger charge is -2.12.